The van der Waals surface area contributed by atoms with Crippen molar-refractivity contribution < 1.29 is 32.2 Å². The van der Waals surface area contributed by atoms with E-state index in [4.69, 9.17) is 31.5 Å². The number of primary amides is 1. The van der Waals surface area contributed by atoms with Gasteiger partial charge < -0.3 is 25.3 Å². The summed E-state index contributed by atoms with van der Waals surface area (Å²) >= 11 is 6.13. The maximum atomic E-state index is 12.8. The molecule has 0 bridgehead atoms. The Bertz CT molecular complexity index is 1120. The third kappa shape index (κ3) is 5.49. The third-order valence-electron chi connectivity index (χ3n) is 4.63. The number of methoxy groups -OCH3 is 1. The summed E-state index contributed by atoms with van der Waals surface area (Å²) < 4.78 is 42.6. The lowest BCUT2D eigenvalue weighted by Gasteiger charge is -2.26. The number of sulfonamides is 1. The SMILES string of the molecule is COc1ccc(OCC(=O)Nc2cc(S(=O)(=O)N3CCOCC3)ccc2Cl)c(C(N)=O)c1. The van der Waals surface area contributed by atoms with Gasteiger partial charge in [-0.1, -0.05) is 11.6 Å². The van der Waals surface area contributed by atoms with Crippen LogP contribution in [0.4, 0.5) is 5.69 Å². The number of hydrogen-bond donors (Lipinski definition) is 2. The van der Waals surface area contributed by atoms with Crippen molar-refractivity contribution in [2.75, 3.05) is 45.3 Å². The Morgan fingerprint density at radius 3 is 2.56 bits per heavy atom. The van der Waals surface area contributed by atoms with Crippen LogP contribution in [0.15, 0.2) is 41.3 Å². The molecule has 12 heteroatoms. The maximum absolute atomic E-state index is 12.8. The van der Waals surface area contributed by atoms with Gasteiger partial charge in [0.15, 0.2) is 6.61 Å². The maximum Gasteiger partial charge on any atom is 0.262 e. The van der Waals surface area contributed by atoms with Crippen molar-refractivity contribution in [2.24, 2.45) is 5.73 Å². The number of rotatable bonds is 8. The van der Waals surface area contributed by atoms with Gasteiger partial charge in [-0.25, -0.2) is 8.42 Å². The molecule has 0 radical (unpaired) electrons. The van der Waals surface area contributed by atoms with Crippen molar-refractivity contribution in [2.45, 2.75) is 4.90 Å². The van der Waals surface area contributed by atoms with Crippen LogP contribution in [0, 0.1) is 0 Å². The molecule has 0 spiro atoms. The fourth-order valence-electron chi connectivity index (χ4n) is 2.98. The standard InChI is InChI=1S/C20H22ClN3O7S/c1-29-13-2-5-18(15(10-13)20(22)26)31-12-19(25)23-17-11-14(3-4-16(17)21)32(27,28)24-6-8-30-9-7-24/h2-5,10-11H,6-9,12H2,1H3,(H2,22,26)(H,23,25). The number of hydrogen-bond acceptors (Lipinski definition) is 7. The molecule has 10 nitrogen and oxygen atoms in total. The van der Waals surface area contributed by atoms with Crippen molar-refractivity contribution in [3.8, 4) is 11.5 Å². The third-order valence-corrected chi connectivity index (χ3v) is 6.85. The number of halogens is 1. The molecular formula is C20H22ClN3O7S. The first-order chi connectivity index (χ1) is 15.2. The fraction of sp³-hybridized carbons (Fsp3) is 0.300. The summed E-state index contributed by atoms with van der Waals surface area (Å²) in [5, 5.41) is 2.68. The van der Waals surface area contributed by atoms with E-state index in [2.05, 4.69) is 5.32 Å². The molecule has 0 atom stereocenters. The number of benzene rings is 2. The second-order valence-electron chi connectivity index (χ2n) is 6.72. The average Bonchev–Trinajstić information content (AvgIpc) is 2.79. The summed E-state index contributed by atoms with van der Waals surface area (Å²) in [6, 6.07) is 8.45. The number of nitrogens with zero attached hydrogens (tertiary/aromatic N) is 1. The van der Waals surface area contributed by atoms with Gasteiger partial charge in [-0.3, -0.25) is 9.59 Å². The normalized spacial score (nSPS) is 14.6. The van der Waals surface area contributed by atoms with E-state index in [-0.39, 0.29) is 40.0 Å². The van der Waals surface area contributed by atoms with Gasteiger partial charge in [-0.2, -0.15) is 4.31 Å². The molecule has 2 aromatic rings. The number of ether oxygens (including phenoxy) is 3. The van der Waals surface area contributed by atoms with E-state index in [9.17, 15) is 18.0 Å². The second-order valence-corrected chi connectivity index (χ2v) is 9.07. The van der Waals surface area contributed by atoms with Crippen LogP contribution in [-0.4, -0.2) is 64.6 Å². The van der Waals surface area contributed by atoms with Gasteiger partial charge in [0.25, 0.3) is 11.8 Å². The summed E-state index contributed by atoms with van der Waals surface area (Å²) in [4.78, 5) is 24.0. The molecule has 0 saturated carbocycles. The number of anilines is 1. The Morgan fingerprint density at radius 2 is 1.91 bits per heavy atom. The van der Waals surface area contributed by atoms with Crippen LogP contribution in [-0.2, 0) is 19.6 Å². The van der Waals surface area contributed by atoms with Gasteiger partial charge in [0.2, 0.25) is 10.0 Å². The largest absolute Gasteiger partial charge is 0.497 e. The van der Waals surface area contributed by atoms with E-state index in [1.807, 2.05) is 0 Å². The molecule has 1 aliphatic rings. The van der Waals surface area contributed by atoms with Crippen molar-refractivity contribution in [3.05, 3.63) is 47.0 Å². The molecule has 2 aromatic carbocycles. The van der Waals surface area contributed by atoms with E-state index >= 15 is 0 Å². The minimum absolute atomic E-state index is 0.00816. The topological polar surface area (TPSA) is 137 Å². The van der Waals surface area contributed by atoms with E-state index < -0.39 is 28.4 Å². The number of nitrogens with one attached hydrogen (secondary N) is 1. The molecule has 1 fully saturated rings. The Labute approximate surface area is 190 Å². The molecule has 0 aliphatic carbocycles. The number of carbonyl (C=O) groups is 2. The molecule has 172 valence electrons. The van der Waals surface area contributed by atoms with Crippen LogP contribution >= 0.6 is 11.6 Å². The number of morpholine rings is 1. The van der Waals surface area contributed by atoms with Crippen LogP contribution in [0.2, 0.25) is 5.02 Å². The van der Waals surface area contributed by atoms with E-state index in [1.165, 1.54) is 41.7 Å². The molecule has 1 heterocycles. The molecule has 1 saturated heterocycles. The first-order valence-corrected chi connectivity index (χ1v) is 11.3. The van der Waals surface area contributed by atoms with E-state index in [1.54, 1.807) is 6.07 Å². The van der Waals surface area contributed by atoms with Crippen LogP contribution in [0.3, 0.4) is 0 Å². The summed E-state index contributed by atoms with van der Waals surface area (Å²) in [6.45, 7) is 0.636. The Hall–Kier alpha value is -2.86. The van der Waals surface area contributed by atoms with Crippen molar-refractivity contribution in [1.82, 2.24) is 4.31 Å². The van der Waals surface area contributed by atoms with Gasteiger partial charge in [0.05, 0.1) is 41.5 Å². The number of nitrogens with two attached hydrogens (primary N) is 1. The minimum atomic E-state index is -3.77. The van der Waals surface area contributed by atoms with Crippen molar-refractivity contribution in [1.29, 1.82) is 0 Å². The quantitative estimate of drug-likeness (QED) is 0.580. The molecule has 0 unspecified atom stereocenters. The number of amides is 2. The Morgan fingerprint density at radius 1 is 1.19 bits per heavy atom. The summed E-state index contributed by atoms with van der Waals surface area (Å²) in [5.74, 6) is -0.855. The monoisotopic (exact) mass is 483 g/mol. The zero-order valence-electron chi connectivity index (χ0n) is 17.2. The lowest BCUT2D eigenvalue weighted by atomic mass is 10.2. The van der Waals surface area contributed by atoms with Crippen LogP contribution in [0.1, 0.15) is 10.4 Å². The molecule has 32 heavy (non-hydrogen) atoms. The van der Waals surface area contributed by atoms with Gasteiger partial charge in [0, 0.05) is 13.1 Å². The van der Waals surface area contributed by atoms with Gasteiger partial charge in [0.1, 0.15) is 11.5 Å². The molecule has 0 aromatic heterocycles. The Kier molecular flexibility index (Phi) is 7.56. The predicted octanol–water partition coefficient (Wildman–Crippen LogP) is 1.49. The average molecular weight is 484 g/mol. The lowest BCUT2D eigenvalue weighted by Crippen LogP contribution is -2.40. The zero-order valence-corrected chi connectivity index (χ0v) is 18.7. The van der Waals surface area contributed by atoms with Crippen LogP contribution in [0.5, 0.6) is 11.5 Å². The smallest absolute Gasteiger partial charge is 0.262 e. The molecule has 3 N–H and O–H groups in total. The summed E-state index contributed by atoms with van der Waals surface area (Å²) in [7, 11) is -2.33. The van der Waals surface area contributed by atoms with Gasteiger partial charge >= 0.3 is 0 Å². The van der Waals surface area contributed by atoms with Gasteiger partial charge in [-0.15, -0.1) is 0 Å². The van der Waals surface area contributed by atoms with Gasteiger partial charge in [-0.05, 0) is 36.4 Å². The molecule has 3 rings (SSSR count). The zero-order chi connectivity index (χ0) is 23.3. The highest BCUT2D eigenvalue weighted by Gasteiger charge is 2.27. The highest BCUT2D eigenvalue weighted by Crippen LogP contribution is 2.28. The highest BCUT2D eigenvalue weighted by atomic mass is 35.5. The first-order valence-electron chi connectivity index (χ1n) is 9.50. The molecule has 1 aliphatic heterocycles. The second kappa shape index (κ2) is 10.2. The van der Waals surface area contributed by atoms with E-state index in [0.29, 0.717) is 19.0 Å². The summed E-state index contributed by atoms with van der Waals surface area (Å²) in [6.07, 6.45) is 0. The summed E-state index contributed by atoms with van der Waals surface area (Å²) in [5.41, 5.74) is 5.51. The van der Waals surface area contributed by atoms with Crippen LogP contribution < -0.4 is 20.5 Å². The highest BCUT2D eigenvalue weighted by molar-refractivity contribution is 7.89. The first kappa shape index (κ1) is 23.8. The minimum Gasteiger partial charge on any atom is -0.497 e. The predicted molar refractivity (Wildman–Crippen MR) is 117 cm³/mol. The molecule has 2 amide bonds. The Balaban J connectivity index is 1.72. The lowest BCUT2D eigenvalue weighted by molar-refractivity contribution is -0.118. The van der Waals surface area contributed by atoms with Crippen LogP contribution in [0.25, 0.3) is 0 Å². The van der Waals surface area contributed by atoms with Crippen molar-refractivity contribution >= 4 is 39.1 Å². The molecular weight excluding hydrogens is 462 g/mol. The number of carbonyl (C=O) groups excluding carboxylic acids is 2. The fourth-order valence-corrected chi connectivity index (χ4v) is 4.58. The van der Waals surface area contributed by atoms with Crippen molar-refractivity contribution in [3.63, 3.8) is 0 Å². The van der Waals surface area contributed by atoms with E-state index in [0.717, 1.165) is 0 Å².